The van der Waals surface area contributed by atoms with Crippen LogP contribution >= 0.6 is 55.2 Å². The minimum Gasteiger partial charge on any atom is -0.493 e. The second kappa shape index (κ2) is 11.2. The monoisotopic (exact) mass is 634 g/mol. The van der Waals surface area contributed by atoms with Crippen LogP contribution in [0.25, 0.3) is 6.08 Å². The van der Waals surface area contributed by atoms with Crippen molar-refractivity contribution in [2.45, 2.75) is 20.5 Å². The van der Waals surface area contributed by atoms with Crippen molar-refractivity contribution in [2.24, 2.45) is 4.99 Å². The Morgan fingerprint density at radius 1 is 1.06 bits per heavy atom. The van der Waals surface area contributed by atoms with E-state index in [1.54, 1.807) is 13.2 Å². The fourth-order valence-electron chi connectivity index (χ4n) is 3.40. The van der Waals surface area contributed by atoms with Crippen LogP contribution in [0.4, 0.5) is 5.69 Å². The quantitative estimate of drug-likeness (QED) is 0.279. The number of hydrogen-bond acceptors (Lipinski definition) is 5. The molecule has 1 amide bonds. The first-order chi connectivity index (χ1) is 16.7. The zero-order valence-electron chi connectivity index (χ0n) is 19.1. The summed E-state index contributed by atoms with van der Waals surface area (Å²) in [6.45, 7) is 4.40. The molecule has 3 aromatic carbocycles. The summed E-state index contributed by atoms with van der Waals surface area (Å²) < 4.78 is 13.3. The fourth-order valence-corrected chi connectivity index (χ4v) is 5.03. The van der Waals surface area contributed by atoms with Crippen molar-refractivity contribution in [1.82, 2.24) is 5.32 Å². The normalized spacial score (nSPS) is 15.5. The molecule has 35 heavy (non-hydrogen) atoms. The summed E-state index contributed by atoms with van der Waals surface area (Å²) in [6, 6.07) is 15.1. The highest BCUT2D eigenvalue weighted by Gasteiger charge is 2.24. The van der Waals surface area contributed by atoms with Gasteiger partial charge in [-0.05, 0) is 90.3 Å². The topological polar surface area (TPSA) is 59.9 Å². The first-order valence-corrected chi connectivity index (χ1v) is 13.3. The minimum atomic E-state index is -0.201. The molecule has 0 bridgehead atoms. The lowest BCUT2D eigenvalue weighted by Crippen LogP contribution is -2.19. The van der Waals surface area contributed by atoms with Gasteiger partial charge in [-0.2, -0.15) is 0 Å². The third kappa shape index (κ3) is 6.30. The number of hydrogen-bond donors (Lipinski definition) is 1. The number of carbonyl (C=O) groups excluding carboxylic acids is 1. The Balaban J connectivity index is 1.54. The van der Waals surface area contributed by atoms with Crippen molar-refractivity contribution >= 4 is 78.1 Å². The first kappa shape index (κ1) is 25.8. The Labute approximate surface area is 230 Å². The van der Waals surface area contributed by atoms with Crippen LogP contribution in [0.3, 0.4) is 0 Å². The zero-order valence-corrected chi connectivity index (χ0v) is 23.9. The second-order valence-corrected chi connectivity index (χ2v) is 10.9. The van der Waals surface area contributed by atoms with Crippen LogP contribution < -0.4 is 14.8 Å². The SMILES string of the molecule is COc1cc(/C=C2\SC(=Nc3cc(C)c(Br)c(C)c3)NC2=O)c(Br)cc1OCc1ccc(Cl)cc1. The van der Waals surface area contributed by atoms with Crippen LogP contribution in [0.2, 0.25) is 5.02 Å². The molecular formula is C26H21Br2ClN2O3S. The third-order valence-electron chi connectivity index (χ3n) is 5.18. The van der Waals surface area contributed by atoms with Gasteiger partial charge in [0, 0.05) is 14.0 Å². The number of rotatable bonds is 6. The average molecular weight is 637 g/mol. The number of aliphatic imine (C=N–C) groups is 1. The van der Waals surface area contributed by atoms with Crippen LogP contribution in [0.1, 0.15) is 22.3 Å². The van der Waals surface area contributed by atoms with Crippen LogP contribution in [0, 0.1) is 13.8 Å². The standard InChI is InChI=1S/C26H21Br2ClN2O3S/c1-14-8-19(9-15(2)24(14)28)30-26-31-25(32)23(35-26)11-17-10-21(33-3)22(12-20(17)27)34-13-16-4-6-18(29)7-5-16/h4-12H,13H2,1-3H3,(H,30,31,32)/b23-11-. The Morgan fingerprint density at radius 3 is 2.40 bits per heavy atom. The number of methoxy groups -OCH3 is 1. The Bertz CT molecular complexity index is 1330. The number of thioether (sulfide) groups is 1. The number of aryl methyl sites for hydroxylation is 2. The van der Waals surface area contributed by atoms with Gasteiger partial charge in [-0.1, -0.05) is 55.6 Å². The van der Waals surface area contributed by atoms with Gasteiger partial charge in [0.25, 0.3) is 5.91 Å². The molecule has 4 rings (SSSR count). The molecule has 1 aliphatic heterocycles. The summed E-state index contributed by atoms with van der Waals surface area (Å²) in [5.41, 5.74) is 4.74. The van der Waals surface area contributed by atoms with E-state index in [-0.39, 0.29) is 5.91 Å². The van der Waals surface area contributed by atoms with Gasteiger partial charge in [-0.3, -0.25) is 4.79 Å². The van der Waals surface area contributed by atoms with Crippen molar-refractivity contribution in [1.29, 1.82) is 0 Å². The van der Waals surface area contributed by atoms with E-state index in [4.69, 9.17) is 21.1 Å². The number of ether oxygens (including phenoxy) is 2. The van der Waals surface area contributed by atoms with Crippen molar-refractivity contribution in [3.63, 3.8) is 0 Å². The second-order valence-electron chi connectivity index (χ2n) is 7.82. The maximum Gasteiger partial charge on any atom is 0.264 e. The highest BCUT2D eigenvalue weighted by molar-refractivity contribution is 9.10. The lowest BCUT2D eigenvalue weighted by Gasteiger charge is -2.13. The highest BCUT2D eigenvalue weighted by Crippen LogP contribution is 2.37. The minimum absolute atomic E-state index is 0.201. The Morgan fingerprint density at radius 2 is 1.74 bits per heavy atom. The zero-order chi connectivity index (χ0) is 25.1. The van der Waals surface area contributed by atoms with Crippen molar-refractivity contribution in [3.05, 3.63) is 89.7 Å². The fraction of sp³-hybridized carbons (Fsp3) is 0.154. The number of benzene rings is 3. The number of amides is 1. The molecule has 1 fully saturated rings. The van der Waals surface area contributed by atoms with E-state index in [0.717, 1.165) is 36.9 Å². The molecule has 5 nitrogen and oxygen atoms in total. The molecule has 1 aliphatic rings. The molecule has 0 atom stereocenters. The van der Waals surface area contributed by atoms with Crippen LogP contribution in [0.5, 0.6) is 11.5 Å². The summed E-state index contributed by atoms with van der Waals surface area (Å²) in [5, 5.41) is 4.05. The van der Waals surface area contributed by atoms with E-state index in [1.807, 2.05) is 62.4 Å². The summed E-state index contributed by atoms with van der Waals surface area (Å²) in [4.78, 5) is 17.8. The van der Waals surface area contributed by atoms with Gasteiger partial charge in [-0.15, -0.1) is 0 Å². The molecule has 0 spiro atoms. The predicted molar refractivity (Wildman–Crippen MR) is 151 cm³/mol. The maximum atomic E-state index is 12.6. The largest absolute Gasteiger partial charge is 0.493 e. The van der Waals surface area contributed by atoms with Gasteiger partial charge < -0.3 is 14.8 Å². The smallest absolute Gasteiger partial charge is 0.264 e. The van der Waals surface area contributed by atoms with E-state index < -0.39 is 0 Å². The first-order valence-electron chi connectivity index (χ1n) is 10.5. The van der Waals surface area contributed by atoms with Crippen LogP contribution in [-0.4, -0.2) is 18.2 Å². The summed E-state index contributed by atoms with van der Waals surface area (Å²) in [6.07, 6.45) is 1.80. The highest BCUT2D eigenvalue weighted by atomic mass is 79.9. The molecule has 0 saturated carbocycles. The maximum absolute atomic E-state index is 12.6. The number of carbonyl (C=O) groups is 1. The van der Waals surface area contributed by atoms with Crippen molar-refractivity contribution < 1.29 is 14.3 Å². The van der Waals surface area contributed by atoms with Gasteiger partial charge in [-0.25, -0.2) is 4.99 Å². The number of amidine groups is 1. The van der Waals surface area contributed by atoms with E-state index in [1.165, 1.54) is 11.8 Å². The number of halogens is 3. The molecule has 0 radical (unpaired) electrons. The lowest BCUT2D eigenvalue weighted by atomic mass is 10.1. The van der Waals surface area contributed by atoms with E-state index in [2.05, 4.69) is 42.2 Å². The molecule has 0 aromatic heterocycles. The molecule has 1 heterocycles. The average Bonchev–Trinajstić information content (AvgIpc) is 3.16. The Kier molecular flexibility index (Phi) is 8.27. The molecule has 0 unspecified atom stereocenters. The summed E-state index contributed by atoms with van der Waals surface area (Å²) in [7, 11) is 1.58. The summed E-state index contributed by atoms with van der Waals surface area (Å²) >= 11 is 14.4. The molecule has 0 aliphatic carbocycles. The third-order valence-corrected chi connectivity index (χ3v) is 8.28. The molecule has 1 saturated heterocycles. The number of nitrogens with zero attached hydrogens (tertiary/aromatic N) is 1. The Hall–Kier alpha value is -2.26. The molecule has 180 valence electrons. The predicted octanol–water partition coefficient (Wildman–Crippen LogP) is 7.96. The van der Waals surface area contributed by atoms with Gasteiger partial charge in [0.2, 0.25) is 0 Å². The molecule has 9 heteroatoms. The number of nitrogens with one attached hydrogen (secondary N) is 1. The molecular weight excluding hydrogens is 616 g/mol. The van der Waals surface area contributed by atoms with Gasteiger partial charge in [0.05, 0.1) is 17.7 Å². The van der Waals surface area contributed by atoms with E-state index in [9.17, 15) is 4.79 Å². The van der Waals surface area contributed by atoms with Gasteiger partial charge in [0.15, 0.2) is 16.7 Å². The van der Waals surface area contributed by atoms with Gasteiger partial charge >= 0.3 is 0 Å². The van der Waals surface area contributed by atoms with Crippen LogP contribution in [-0.2, 0) is 11.4 Å². The van der Waals surface area contributed by atoms with Crippen molar-refractivity contribution in [3.8, 4) is 11.5 Å². The van der Waals surface area contributed by atoms with Crippen LogP contribution in [0.15, 0.2) is 67.4 Å². The van der Waals surface area contributed by atoms with E-state index >= 15 is 0 Å². The van der Waals surface area contributed by atoms with E-state index in [0.29, 0.717) is 33.2 Å². The molecule has 1 N–H and O–H groups in total. The summed E-state index contributed by atoms with van der Waals surface area (Å²) in [5.74, 6) is 0.948. The van der Waals surface area contributed by atoms with Gasteiger partial charge in [0.1, 0.15) is 6.61 Å². The van der Waals surface area contributed by atoms with Crippen molar-refractivity contribution in [2.75, 3.05) is 7.11 Å². The molecule has 3 aromatic rings. The lowest BCUT2D eigenvalue weighted by molar-refractivity contribution is -0.115.